The molecule has 0 fully saturated rings. The van der Waals surface area contributed by atoms with Gasteiger partial charge in [-0.05, 0) is 22.6 Å². The van der Waals surface area contributed by atoms with Gasteiger partial charge >= 0.3 is 5.97 Å². The van der Waals surface area contributed by atoms with Crippen molar-refractivity contribution in [1.82, 2.24) is 20.2 Å². The van der Waals surface area contributed by atoms with Gasteiger partial charge in [-0.25, -0.2) is 4.68 Å². The van der Waals surface area contributed by atoms with Crippen LogP contribution < -0.4 is 5.32 Å². The van der Waals surface area contributed by atoms with Gasteiger partial charge in [-0.15, -0.1) is 5.10 Å². The zero-order chi connectivity index (χ0) is 15.1. The highest BCUT2D eigenvalue weighted by molar-refractivity contribution is 7.99. The Bertz CT molecular complexity index is 616. The van der Waals surface area contributed by atoms with E-state index in [2.05, 4.69) is 20.8 Å². The lowest BCUT2D eigenvalue weighted by Gasteiger charge is -2.04. The van der Waals surface area contributed by atoms with Crippen molar-refractivity contribution in [1.29, 1.82) is 0 Å². The molecule has 0 saturated heterocycles. The zero-order valence-electron chi connectivity index (χ0n) is 11.0. The average molecular weight is 307 g/mol. The van der Waals surface area contributed by atoms with Gasteiger partial charge in [0, 0.05) is 17.9 Å². The lowest BCUT2D eigenvalue weighted by atomic mass is 10.3. The van der Waals surface area contributed by atoms with Crippen LogP contribution in [0.2, 0.25) is 0 Å². The third kappa shape index (κ3) is 4.88. The van der Waals surface area contributed by atoms with E-state index in [-0.39, 0.29) is 18.9 Å². The Kier molecular flexibility index (Phi) is 5.27. The van der Waals surface area contributed by atoms with Crippen molar-refractivity contribution in [3.8, 4) is 0 Å². The van der Waals surface area contributed by atoms with E-state index in [9.17, 15) is 9.59 Å². The molecule has 1 aromatic heterocycles. The highest BCUT2D eigenvalue weighted by Gasteiger charge is 2.11. The number of carbonyl (C=O) groups excluding carboxylic acids is 1. The number of thioether (sulfide) groups is 1. The summed E-state index contributed by atoms with van der Waals surface area (Å²) in [5, 5.41) is 22.6. The van der Waals surface area contributed by atoms with Crippen LogP contribution in [0.4, 0.5) is 5.69 Å². The number of anilines is 1. The predicted molar refractivity (Wildman–Crippen MR) is 75.9 cm³/mol. The van der Waals surface area contributed by atoms with Gasteiger partial charge in [-0.1, -0.05) is 30.0 Å². The van der Waals surface area contributed by atoms with Gasteiger partial charge in [-0.3, -0.25) is 9.59 Å². The molecule has 9 heteroatoms. The highest BCUT2D eigenvalue weighted by Crippen LogP contribution is 2.15. The van der Waals surface area contributed by atoms with E-state index in [1.54, 1.807) is 12.1 Å². The Morgan fingerprint density at radius 1 is 1.29 bits per heavy atom. The maximum absolute atomic E-state index is 11.7. The minimum absolute atomic E-state index is 0.119. The van der Waals surface area contributed by atoms with E-state index in [4.69, 9.17) is 5.11 Å². The van der Waals surface area contributed by atoms with E-state index in [0.717, 1.165) is 5.69 Å². The van der Waals surface area contributed by atoms with Gasteiger partial charge in [0.1, 0.15) is 6.54 Å². The number of carboxylic acids is 1. The first-order valence-electron chi connectivity index (χ1n) is 6.11. The highest BCUT2D eigenvalue weighted by atomic mass is 32.2. The van der Waals surface area contributed by atoms with Crippen molar-refractivity contribution in [2.45, 2.75) is 18.1 Å². The fraction of sp³-hybridized carbons (Fsp3) is 0.250. The summed E-state index contributed by atoms with van der Waals surface area (Å²) in [6.45, 7) is -0.300. The van der Waals surface area contributed by atoms with Crippen LogP contribution in [0.1, 0.15) is 6.42 Å². The lowest BCUT2D eigenvalue weighted by molar-refractivity contribution is -0.138. The number of nitrogens with zero attached hydrogens (tertiary/aromatic N) is 4. The van der Waals surface area contributed by atoms with Crippen molar-refractivity contribution in [2.75, 3.05) is 11.1 Å². The summed E-state index contributed by atoms with van der Waals surface area (Å²) in [7, 11) is 0. The summed E-state index contributed by atoms with van der Waals surface area (Å²) in [4.78, 5) is 22.3. The third-order valence-corrected chi connectivity index (χ3v) is 3.36. The van der Waals surface area contributed by atoms with Gasteiger partial charge in [0.25, 0.3) is 0 Å². The number of nitrogens with one attached hydrogen (secondary N) is 1. The molecule has 110 valence electrons. The molecule has 0 radical (unpaired) electrons. The maximum atomic E-state index is 11.7. The first-order chi connectivity index (χ1) is 10.1. The number of hydrogen-bond donors (Lipinski definition) is 2. The molecule has 1 aromatic carbocycles. The lowest BCUT2D eigenvalue weighted by Crippen LogP contribution is -2.13. The van der Waals surface area contributed by atoms with Crippen LogP contribution in [-0.2, 0) is 16.1 Å². The fourth-order valence-electron chi connectivity index (χ4n) is 1.51. The number of benzene rings is 1. The summed E-state index contributed by atoms with van der Waals surface area (Å²) in [5.74, 6) is -0.685. The van der Waals surface area contributed by atoms with Crippen LogP contribution in [0.5, 0.6) is 0 Å². The van der Waals surface area contributed by atoms with Gasteiger partial charge in [0.05, 0.1) is 0 Å². The molecule has 0 spiro atoms. The third-order valence-electron chi connectivity index (χ3n) is 2.40. The van der Waals surface area contributed by atoms with Crippen LogP contribution in [0.3, 0.4) is 0 Å². The van der Waals surface area contributed by atoms with Crippen molar-refractivity contribution >= 4 is 29.3 Å². The molecular formula is C12H13N5O3S. The van der Waals surface area contributed by atoms with Crippen LogP contribution in [0, 0.1) is 0 Å². The number of aliphatic carboxylic acids is 1. The van der Waals surface area contributed by atoms with E-state index >= 15 is 0 Å². The van der Waals surface area contributed by atoms with Crippen LogP contribution >= 0.6 is 11.8 Å². The standard InChI is InChI=1S/C12H13N5O3S/c18-10(13-9-4-2-1-3-5-9)6-7-21-12-14-15-16-17(12)8-11(19)20/h1-5H,6-8H2,(H,13,18)(H,19,20). The number of carbonyl (C=O) groups is 2. The summed E-state index contributed by atoms with van der Waals surface area (Å²) in [5.41, 5.74) is 0.739. The molecule has 0 unspecified atom stereocenters. The van der Waals surface area contributed by atoms with E-state index in [1.807, 2.05) is 18.2 Å². The quantitative estimate of drug-likeness (QED) is 0.730. The van der Waals surface area contributed by atoms with Crippen LogP contribution in [-0.4, -0.2) is 42.9 Å². The van der Waals surface area contributed by atoms with Crippen molar-refractivity contribution < 1.29 is 14.7 Å². The molecule has 1 amide bonds. The second-order valence-electron chi connectivity index (χ2n) is 4.03. The fourth-order valence-corrected chi connectivity index (χ4v) is 2.32. The van der Waals surface area contributed by atoms with E-state index in [1.165, 1.54) is 16.4 Å². The van der Waals surface area contributed by atoms with Crippen molar-refractivity contribution in [3.63, 3.8) is 0 Å². The molecule has 0 aliphatic carbocycles. The monoisotopic (exact) mass is 307 g/mol. The number of tetrazole rings is 1. The summed E-state index contributed by atoms with van der Waals surface area (Å²) in [6, 6.07) is 9.15. The van der Waals surface area contributed by atoms with Crippen LogP contribution in [0.15, 0.2) is 35.5 Å². The second kappa shape index (κ2) is 7.39. The van der Waals surface area contributed by atoms with Gasteiger partial charge in [-0.2, -0.15) is 0 Å². The first kappa shape index (κ1) is 15.0. The normalized spacial score (nSPS) is 10.3. The number of hydrogen-bond acceptors (Lipinski definition) is 6. The Balaban J connectivity index is 1.78. The number of rotatable bonds is 7. The number of para-hydroxylation sites is 1. The molecule has 2 N–H and O–H groups in total. The summed E-state index contributed by atoms with van der Waals surface area (Å²) in [6.07, 6.45) is 0.277. The molecule has 21 heavy (non-hydrogen) atoms. The number of aromatic nitrogens is 4. The smallest absolute Gasteiger partial charge is 0.325 e. The molecular weight excluding hydrogens is 294 g/mol. The molecule has 0 aliphatic rings. The Labute approximate surface area is 124 Å². The molecule has 0 aliphatic heterocycles. The maximum Gasteiger partial charge on any atom is 0.325 e. The SMILES string of the molecule is O=C(O)Cn1nnnc1SCCC(=O)Nc1ccccc1. The minimum atomic E-state index is -1.02. The molecule has 8 nitrogen and oxygen atoms in total. The van der Waals surface area contributed by atoms with Crippen molar-refractivity contribution in [3.05, 3.63) is 30.3 Å². The predicted octanol–water partition coefficient (Wildman–Crippen LogP) is 0.879. The minimum Gasteiger partial charge on any atom is -0.480 e. The number of carboxylic acid groups (broad SMARTS) is 1. The topological polar surface area (TPSA) is 110 Å². The van der Waals surface area contributed by atoms with Crippen LogP contribution in [0.25, 0.3) is 0 Å². The number of amides is 1. The van der Waals surface area contributed by atoms with Crippen molar-refractivity contribution in [2.24, 2.45) is 0 Å². The summed E-state index contributed by atoms with van der Waals surface area (Å²) >= 11 is 1.24. The average Bonchev–Trinajstić information content (AvgIpc) is 2.86. The summed E-state index contributed by atoms with van der Waals surface area (Å²) < 4.78 is 1.18. The second-order valence-corrected chi connectivity index (χ2v) is 5.09. The Hall–Kier alpha value is -2.42. The molecule has 0 bridgehead atoms. The molecule has 0 atom stereocenters. The molecule has 2 aromatic rings. The first-order valence-corrected chi connectivity index (χ1v) is 7.09. The Morgan fingerprint density at radius 3 is 2.76 bits per heavy atom. The Morgan fingerprint density at radius 2 is 2.05 bits per heavy atom. The molecule has 2 rings (SSSR count). The molecule has 1 heterocycles. The van der Waals surface area contributed by atoms with E-state index < -0.39 is 5.97 Å². The largest absolute Gasteiger partial charge is 0.480 e. The zero-order valence-corrected chi connectivity index (χ0v) is 11.8. The molecule has 0 saturated carbocycles. The van der Waals surface area contributed by atoms with E-state index in [0.29, 0.717) is 10.9 Å². The van der Waals surface area contributed by atoms with Gasteiger partial charge < -0.3 is 10.4 Å². The van der Waals surface area contributed by atoms with Gasteiger partial charge in [0.2, 0.25) is 11.1 Å². The van der Waals surface area contributed by atoms with Gasteiger partial charge in [0.15, 0.2) is 0 Å².